The van der Waals surface area contributed by atoms with Crippen molar-refractivity contribution >= 4 is 35.6 Å². The molecular formula is C22H26FIN6. The van der Waals surface area contributed by atoms with Gasteiger partial charge in [0.15, 0.2) is 5.96 Å². The maximum atomic E-state index is 13.1. The second-order valence-electron chi connectivity index (χ2n) is 6.96. The summed E-state index contributed by atoms with van der Waals surface area (Å²) in [6.07, 6.45) is 1.86. The molecule has 6 nitrogen and oxygen atoms in total. The lowest BCUT2D eigenvalue weighted by Gasteiger charge is -2.37. The number of benzene rings is 2. The average Bonchev–Trinajstić information content (AvgIpc) is 3.25. The van der Waals surface area contributed by atoms with Crippen molar-refractivity contribution in [2.24, 2.45) is 4.99 Å². The number of aromatic nitrogens is 2. The van der Waals surface area contributed by atoms with E-state index < -0.39 is 0 Å². The minimum Gasteiger partial charge on any atom is -0.368 e. The molecule has 0 aliphatic carbocycles. The smallest absolute Gasteiger partial charge is 0.194 e. The van der Waals surface area contributed by atoms with Gasteiger partial charge in [0.2, 0.25) is 0 Å². The van der Waals surface area contributed by atoms with Gasteiger partial charge in [0, 0.05) is 38.9 Å². The third-order valence-electron chi connectivity index (χ3n) is 5.11. The summed E-state index contributed by atoms with van der Waals surface area (Å²) in [5, 5.41) is 3.40. The molecule has 0 amide bonds. The number of nitrogens with one attached hydrogen (secondary N) is 2. The van der Waals surface area contributed by atoms with Gasteiger partial charge in [-0.25, -0.2) is 9.37 Å². The van der Waals surface area contributed by atoms with Crippen LogP contribution >= 0.6 is 24.0 Å². The van der Waals surface area contributed by atoms with E-state index in [9.17, 15) is 4.39 Å². The Hall–Kier alpha value is -2.62. The van der Waals surface area contributed by atoms with E-state index in [-0.39, 0.29) is 29.8 Å². The summed E-state index contributed by atoms with van der Waals surface area (Å²) in [6, 6.07) is 16.8. The lowest BCUT2D eigenvalue weighted by atomic mass is 10.2. The third kappa shape index (κ3) is 5.29. The molecule has 0 saturated carbocycles. The van der Waals surface area contributed by atoms with Crippen LogP contribution in [0.15, 0.2) is 65.8 Å². The molecule has 3 aromatic rings. The quantitative estimate of drug-likeness (QED) is 0.313. The number of aromatic amines is 1. The number of aliphatic imine (C=N–C) groups is 1. The van der Waals surface area contributed by atoms with Crippen LogP contribution in [0.1, 0.15) is 5.82 Å². The molecule has 1 aliphatic heterocycles. The summed E-state index contributed by atoms with van der Waals surface area (Å²) in [5.74, 6) is 1.53. The molecule has 1 fully saturated rings. The predicted octanol–water partition coefficient (Wildman–Crippen LogP) is 3.73. The zero-order valence-electron chi connectivity index (χ0n) is 16.9. The third-order valence-corrected chi connectivity index (χ3v) is 5.11. The monoisotopic (exact) mass is 520 g/mol. The molecule has 1 aromatic heterocycles. The highest BCUT2D eigenvalue weighted by Crippen LogP contribution is 2.18. The highest BCUT2D eigenvalue weighted by atomic mass is 127. The lowest BCUT2D eigenvalue weighted by Crippen LogP contribution is -2.52. The summed E-state index contributed by atoms with van der Waals surface area (Å²) < 4.78 is 13.1. The summed E-state index contributed by atoms with van der Waals surface area (Å²) in [4.78, 5) is 16.8. The Balaban J connectivity index is 0.00000256. The zero-order chi connectivity index (χ0) is 20.1. The Morgan fingerprint density at radius 3 is 2.43 bits per heavy atom. The number of guanidine groups is 1. The van der Waals surface area contributed by atoms with Gasteiger partial charge >= 0.3 is 0 Å². The number of piperazine rings is 1. The summed E-state index contributed by atoms with van der Waals surface area (Å²) in [7, 11) is 1.80. The average molecular weight is 520 g/mol. The van der Waals surface area contributed by atoms with Crippen molar-refractivity contribution < 1.29 is 4.39 Å². The van der Waals surface area contributed by atoms with Crippen LogP contribution in [0.3, 0.4) is 0 Å². The number of halogens is 2. The fraction of sp³-hybridized carbons (Fsp3) is 0.273. The second-order valence-corrected chi connectivity index (χ2v) is 6.96. The van der Waals surface area contributed by atoms with Crippen molar-refractivity contribution in [3.63, 3.8) is 0 Å². The van der Waals surface area contributed by atoms with E-state index in [1.165, 1.54) is 12.1 Å². The minimum atomic E-state index is -0.203. The molecule has 1 saturated heterocycles. The van der Waals surface area contributed by atoms with E-state index in [1.54, 1.807) is 7.05 Å². The number of nitrogens with zero attached hydrogens (tertiary/aromatic N) is 4. The van der Waals surface area contributed by atoms with Gasteiger partial charge in [0.1, 0.15) is 11.6 Å². The molecule has 0 bridgehead atoms. The first-order valence-corrected chi connectivity index (χ1v) is 9.78. The topological polar surface area (TPSA) is 59.6 Å². The van der Waals surface area contributed by atoms with Crippen LogP contribution in [0, 0.1) is 5.82 Å². The normalized spacial score (nSPS) is 14.4. The minimum absolute atomic E-state index is 0. The summed E-state index contributed by atoms with van der Waals surface area (Å²) in [6.45, 7) is 4.02. The number of anilines is 1. The number of hydrogen-bond acceptors (Lipinski definition) is 3. The molecule has 0 atom stereocenters. The number of rotatable bonds is 4. The molecule has 1 aliphatic rings. The largest absolute Gasteiger partial charge is 0.368 e. The first-order chi connectivity index (χ1) is 14.2. The van der Waals surface area contributed by atoms with Crippen LogP contribution in [0.4, 0.5) is 10.1 Å². The summed E-state index contributed by atoms with van der Waals surface area (Å²) in [5.41, 5.74) is 3.18. The molecule has 0 radical (unpaired) electrons. The predicted molar refractivity (Wildman–Crippen MR) is 130 cm³/mol. The lowest BCUT2D eigenvalue weighted by molar-refractivity contribution is 0.372. The molecule has 2 heterocycles. The van der Waals surface area contributed by atoms with Gasteiger partial charge in [-0.15, -0.1) is 24.0 Å². The van der Waals surface area contributed by atoms with Crippen molar-refractivity contribution in [3.05, 3.63) is 72.4 Å². The Labute approximate surface area is 193 Å². The van der Waals surface area contributed by atoms with Gasteiger partial charge in [-0.2, -0.15) is 0 Å². The maximum absolute atomic E-state index is 13.1. The molecule has 0 spiro atoms. The first-order valence-electron chi connectivity index (χ1n) is 9.78. The zero-order valence-corrected chi connectivity index (χ0v) is 19.2. The van der Waals surface area contributed by atoms with Crippen molar-refractivity contribution in [3.8, 4) is 11.3 Å². The number of H-pyrrole nitrogens is 1. The number of hydrogen-bond donors (Lipinski definition) is 2. The van der Waals surface area contributed by atoms with E-state index in [0.717, 1.165) is 54.9 Å². The van der Waals surface area contributed by atoms with Crippen LogP contribution < -0.4 is 10.2 Å². The standard InChI is InChI=1S/C22H25FN6.HI/c1-24-22(26-16-21-25-15-20(27-21)17-5-3-2-4-6-17)29-13-11-28(12-14-29)19-9-7-18(23)8-10-19;/h2-10,15H,11-14,16H2,1H3,(H,24,26)(H,25,27);1H. The van der Waals surface area contributed by atoms with Crippen LogP contribution in [0.5, 0.6) is 0 Å². The van der Waals surface area contributed by atoms with Crippen LogP contribution in [0.2, 0.25) is 0 Å². The molecule has 8 heteroatoms. The molecule has 4 rings (SSSR count). The molecule has 2 N–H and O–H groups in total. The van der Waals surface area contributed by atoms with Crippen molar-refractivity contribution in [2.75, 3.05) is 38.1 Å². The Bertz CT molecular complexity index is 949. The van der Waals surface area contributed by atoms with Gasteiger partial charge in [-0.05, 0) is 29.8 Å². The maximum Gasteiger partial charge on any atom is 0.194 e. The van der Waals surface area contributed by atoms with Crippen molar-refractivity contribution in [1.82, 2.24) is 20.2 Å². The van der Waals surface area contributed by atoms with E-state index >= 15 is 0 Å². The highest BCUT2D eigenvalue weighted by Gasteiger charge is 2.20. The Morgan fingerprint density at radius 1 is 1.07 bits per heavy atom. The molecular weight excluding hydrogens is 494 g/mol. The van der Waals surface area contributed by atoms with E-state index in [1.807, 2.05) is 36.5 Å². The van der Waals surface area contributed by atoms with E-state index in [4.69, 9.17) is 0 Å². The van der Waals surface area contributed by atoms with Crippen LogP contribution in [-0.4, -0.2) is 54.1 Å². The molecule has 0 unspecified atom stereocenters. The highest BCUT2D eigenvalue weighted by molar-refractivity contribution is 14.0. The fourth-order valence-electron chi connectivity index (χ4n) is 3.54. The summed E-state index contributed by atoms with van der Waals surface area (Å²) >= 11 is 0. The Kier molecular flexibility index (Phi) is 7.67. The van der Waals surface area contributed by atoms with E-state index in [0.29, 0.717) is 6.54 Å². The molecule has 158 valence electrons. The van der Waals surface area contributed by atoms with Crippen LogP contribution in [0.25, 0.3) is 11.3 Å². The van der Waals surface area contributed by atoms with Gasteiger partial charge in [0.25, 0.3) is 0 Å². The van der Waals surface area contributed by atoms with Crippen molar-refractivity contribution in [1.29, 1.82) is 0 Å². The van der Waals surface area contributed by atoms with Gasteiger partial charge in [-0.1, -0.05) is 30.3 Å². The van der Waals surface area contributed by atoms with Crippen molar-refractivity contribution in [2.45, 2.75) is 6.54 Å². The van der Waals surface area contributed by atoms with Gasteiger partial charge in [-0.3, -0.25) is 4.99 Å². The van der Waals surface area contributed by atoms with Crippen LogP contribution in [-0.2, 0) is 6.54 Å². The molecule has 30 heavy (non-hydrogen) atoms. The first kappa shape index (κ1) is 22.1. The number of imidazole rings is 1. The second kappa shape index (κ2) is 10.4. The van der Waals surface area contributed by atoms with Gasteiger partial charge < -0.3 is 20.1 Å². The SMILES string of the molecule is CN=C(NCc1ncc(-c2ccccc2)[nH]1)N1CCN(c2ccc(F)cc2)CC1.I. The van der Waals surface area contributed by atoms with E-state index in [2.05, 4.69) is 42.2 Å². The molecule has 2 aromatic carbocycles. The Morgan fingerprint density at radius 2 is 1.77 bits per heavy atom. The fourth-order valence-corrected chi connectivity index (χ4v) is 3.54. The van der Waals surface area contributed by atoms with Gasteiger partial charge in [0.05, 0.1) is 18.4 Å².